The number of halogens is 1. The van der Waals surface area contributed by atoms with Gasteiger partial charge in [-0.2, -0.15) is 10.2 Å². The second-order valence-corrected chi connectivity index (χ2v) is 6.33. The highest BCUT2D eigenvalue weighted by Gasteiger charge is 2.05. The average molecular weight is 372 g/mol. The summed E-state index contributed by atoms with van der Waals surface area (Å²) in [6.07, 6.45) is 4.50. The SMILES string of the molecule is Cc1ccnn1CCCNC(=S)Nc1ccn(Cc2ccccc2F)n1. The van der Waals surface area contributed by atoms with Crippen LogP contribution in [0.25, 0.3) is 0 Å². The van der Waals surface area contributed by atoms with Crippen molar-refractivity contribution in [3.8, 4) is 0 Å². The Balaban J connectivity index is 1.43. The van der Waals surface area contributed by atoms with Gasteiger partial charge in [0.2, 0.25) is 0 Å². The van der Waals surface area contributed by atoms with E-state index in [0.29, 0.717) is 23.0 Å². The molecule has 0 bridgehead atoms. The Labute approximate surface area is 157 Å². The Morgan fingerprint density at radius 3 is 2.85 bits per heavy atom. The number of hydrogen-bond acceptors (Lipinski definition) is 3. The summed E-state index contributed by atoms with van der Waals surface area (Å²) < 4.78 is 17.3. The lowest BCUT2D eigenvalue weighted by molar-refractivity contribution is 0.561. The van der Waals surface area contributed by atoms with Crippen molar-refractivity contribution in [1.82, 2.24) is 24.9 Å². The lowest BCUT2D eigenvalue weighted by Gasteiger charge is -2.09. The van der Waals surface area contributed by atoms with E-state index < -0.39 is 0 Å². The maximum absolute atomic E-state index is 13.7. The van der Waals surface area contributed by atoms with Crippen molar-refractivity contribution in [3.05, 3.63) is 65.9 Å². The van der Waals surface area contributed by atoms with Gasteiger partial charge in [0.1, 0.15) is 5.82 Å². The van der Waals surface area contributed by atoms with Crippen LogP contribution in [0.4, 0.5) is 10.2 Å². The van der Waals surface area contributed by atoms with Gasteiger partial charge in [0.25, 0.3) is 0 Å². The summed E-state index contributed by atoms with van der Waals surface area (Å²) >= 11 is 5.28. The third-order valence-corrected chi connectivity index (χ3v) is 4.18. The van der Waals surface area contributed by atoms with Gasteiger partial charge in [0.05, 0.1) is 6.54 Å². The fraction of sp³-hybridized carbons (Fsp3) is 0.278. The molecule has 3 aromatic rings. The van der Waals surface area contributed by atoms with Crippen molar-refractivity contribution in [2.75, 3.05) is 11.9 Å². The molecule has 26 heavy (non-hydrogen) atoms. The number of aromatic nitrogens is 4. The van der Waals surface area contributed by atoms with Crippen molar-refractivity contribution in [3.63, 3.8) is 0 Å². The fourth-order valence-electron chi connectivity index (χ4n) is 2.54. The smallest absolute Gasteiger partial charge is 0.171 e. The number of anilines is 1. The van der Waals surface area contributed by atoms with E-state index in [9.17, 15) is 4.39 Å². The maximum atomic E-state index is 13.7. The van der Waals surface area contributed by atoms with Gasteiger partial charge in [-0.3, -0.25) is 9.36 Å². The van der Waals surface area contributed by atoms with Gasteiger partial charge < -0.3 is 10.6 Å². The Hall–Kier alpha value is -2.74. The van der Waals surface area contributed by atoms with Crippen molar-refractivity contribution < 1.29 is 4.39 Å². The molecule has 2 heterocycles. The summed E-state index contributed by atoms with van der Waals surface area (Å²) in [5, 5.41) is 15.3. The molecule has 0 unspecified atom stereocenters. The predicted molar refractivity (Wildman–Crippen MR) is 104 cm³/mol. The number of hydrogen-bond donors (Lipinski definition) is 2. The van der Waals surface area contributed by atoms with E-state index >= 15 is 0 Å². The van der Waals surface area contributed by atoms with E-state index in [1.54, 1.807) is 29.2 Å². The minimum Gasteiger partial charge on any atom is -0.362 e. The van der Waals surface area contributed by atoms with Crippen LogP contribution in [0.5, 0.6) is 0 Å². The van der Waals surface area contributed by atoms with Crippen LogP contribution in [0.3, 0.4) is 0 Å². The molecule has 136 valence electrons. The number of nitrogens with zero attached hydrogens (tertiary/aromatic N) is 4. The standard InChI is InChI=1S/C18H21FN6S/c1-14-7-10-21-25(14)11-4-9-20-18(26)22-17-8-12-24(23-17)13-15-5-2-3-6-16(15)19/h2-3,5-8,10,12H,4,9,11,13H2,1H3,(H2,20,22,23,26). The molecule has 2 aromatic heterocycles. The van der Waals surface area contributed by atoms with E-state index in [1.807, 2.05) is 29.8 Å². The summed E-state index contributed by atoms with van der Waals surface area (Å²) in [6, 6.07) is 10.5. The number of aryl methyl sites for hydroxylation is 2. The van der Waals surface area contributed by atoms with Crippen molar-refractivity contribution in [2.45, 2.75) is 26.4 Å². The molecule has 0 aliphatic carbocycles. The summed E-state index contributed by atoms with van der Waals surface area (Å²) in [4.78, 5) is 0. The van der Waals surface area contributed by atoms with E-state index in [0.717, 1.165) is 25.2 Å². The predicted octanol–water partition coefficient (Wildman–Crippen LogP) is 2.95. The van der Waals surface area contributed by atoms with Crippen LogP contribution in [-0.2, 0) is 13.1 Å². The normalized spacial score (nSPS) is 10.7. The van der Waals surface area contributed by atoms with E-state index in [1.165, 1.54) is 6.07 Å². The number of benzene rings is 1. The first-order valence-electron chi connectivity index (χ1n) is 8.42. The van der Waals surface area contributed by atoms with Gasteiger partial charge in [0.15, 0.2) is 10.9 Å². The van der Waals surface area contributed by atoms with Gasteiger partial charge >= 0.3 is 0 Å². The van der Waals surface area contributed by atoms with Crippen LogP contribution >= 0.6 is 12.2 Å². The number of rotatable bonds is 7. The van der Waals surface area contributed by atoms with E-state index in [4.69, 9.17) is 12.2 Å². The fourth-order valence-corrected chi connectivity index (χ4v) is 2.75. The van der Waals surface area contributed by atoms with E-state index in [2.05, 4.69) is 20.8 Å². The summed E-state index contributed by atoms with van der Waals surface area (Å²) in [5.74, 6) is 0.392. The van der Waals surface area contributed by atoms with Gasteiger partial charge in [-0.1, -0.05) is 18.2 Å². The molecule has 6 nitrogen and oxygen atoms in total. The molecule has 8 heteroatoms. The molecule has 2 N–H and O–H groups in total. The topological polar surface area (TPSA) is 59.7 Å². The molecular formula is C18H21FN6S. The largest absolute Gasteiger partial charge is 0.362 e. The van der Waals surface area contributed by atoms with Crippen molar-refractivity contribution in [1.29, 1.82) is 0 Å². The van der Waals surface area contributed by atoms with Crippen LogP contribution in [0.2, 0.25) is 0 Å². The third-order valence-electron chi connectivity index (χ3n) is 3.93. The van der Waals surface area contributed by atoms with Crippen LogP contribution < -0.4 is 10.6 Å². The second kappa shape index (κ2) is 8.57. The highest BCUT2D eigenvalue weighted by atomic mass is 32.1. The lowest BCUT2D eigenvalue weighted by Crippen LogP contribution is -2.30. The highest BCUT2D eigenvalue weighted by molar-refractivity contribution is 7.80. The first-order chi connectivity index (χ1) is 12.6. The van der Waals surface area contributed by atoms with Crippen molar-refractivity contribution >= 4 is 23.1 Å². The Morgan fingerprint density at radius 2 is 2.08 bits per heavy atom. The van der Waals surface area contributed by atoms with Gasteiger partial charge in [-0.25, -0.2) is 4.39 Å². The summed E-state index contributed by atoms with van der Waals surface area (Å²) in [7, 11) is 0. The maximum Gasteiger partial charge on any atom is 0.171 e. The zero-order valence-corrected chi connectivity index (χ0v) is 15.3. The first kappa shape index (κ1) is 18.1. The van der Waals surface area contributed by atoms with Crippen LogP contribution in [0.15, 0.2) is 48.8 Å². The third kappa shape index (κ3) is 4.89. The molecule has 0 saturated heterocycles. The monoisotopic (exact) mass is 372 g/mol. The zero-order chi connectivity index (χ0) is 18.4. The number of nitrogens with one attached hydrogen (secondary N) is 2. The first-order valence-corrected chi connectivity index (χ1v) is 8.83. The second-order valence-electron chi connectivity index (χ2n) is 5.92. The van der Waals surface area contributed by atoms with Crippen LogP contribution in [-0.4, -0.2) is 31.2 Å². The van der Waals surface area contributed by atoms with Crippen LogP contribution in [0, 0.1) is 12.7 Å². The molecule has 0 aliphatic rings. The lowest BCUT2D eigenvalue weighted by atomic mass is 10.2. The minimum atomic E-state index is -0.234. The molecule has 0 spiro atoms. The average Bonchev–Trinajstić information content (AvgIpc) is 3.23. The molecule has 3 rings (SSSR count). The van der Waals surface area contributed by atoms with Gasteiger partial charge in [-0.15, -0.1) is 0 Å². The molecule has 0 aliphatic heterocycles. The molecule has 1 aromatic carbocycles. The molecule has 0 atom stereocenters. The summed E-state index contributed by atoms with van der Waals surface area (Å²) in [6.45, 7) is 3.98. The zero-order valence-electron chi connectivity index (χ0n) is 14.5. The quantitative estimate of drug-likeness (QED) is 0.493. The van der Waals surface area contributed by atoms with Gasteiger partial charge in [-0.05, 0) is 37.7 Å². The molecule has 0 amide bonds. The summed E-state index contributed by atoms with van der Waals surface area (Å²) in [5.41, 5.74) is 1.74. The molecule has 0 radical (unpaired) electrons. The van der Waals surface area contributed by atoms with Gasteiger partial charge in [0, 0.05) is 42.8 Å². The molecule has 0 saturated carbocycles. The molecular weight excluding hydrogens is 351 g/mol. The Bertz CT molecular complexity index is 872. The van der Waals surface area contributed by atoms with E-state index in [-0.39, 0.29) is 5.82 Å². The Kier molecular flexibility index (Phi) is 5.96. The Morgan fingerprint density at radius 1 is 1.23 bits per heavy atom. The van der Waals surface area contributed by atoms with Crippen LogP contribution in [0.1, 0.15) is 17.7 Å². The molecule has 0 fully saturated rings. The van der Waals surface area contributed by atoms with Crippen molar-refractivity contribution in [2.24, 2.45) is 0 Å². The number of thiocarbonyl (C=S) groups is 1. The highest BCUT2D eigenvalue weighted by Crippen LogP contribution is 2.10. The minimum absolute atomic E-state index is 0.234.